The predicted molar refractivity (Wildman–Crippen MR) is 61.4 cm³/mol. The first-order valence-corrected chi connectivity index (χ1v) is 5.17. The first kappa shape index (κ1) is 10.8. The van der Waals surface area contributed by atoms with Crippen LogP contribution in [0.1, 0.15) is 16.1 Å². The molecule has 2 aromatic rings. The Morgan fingerprint density at radius 2 is 2.31 bits per heavy atom. The zero-order valence-electron chi connectivity index (χ0n) is 8.38. The van der Waals surface area contributed by atoms with E-state index in [0.29, 0.717) is 17.9 Å². The number of hydrogen-bond acceptors (Lipinski definition) is 4. The van der Waals surface area contributed by atoms with Gasteiger partial charge in [-0.25, -0.2) is 0 Å². The molecule has 0 fully saturated rings. The maximum Gasteiger partial charge on any atom is 0.251 e. The van der Waals surface area contributed by atoms with Gasteiger partial charge in [0.25, 0.3) is 5.91 Å². The van der Waals surface area contributed by atoms with Crippen LogP contribution in [0.3, 0.4) is 0 Å². The van der Waals surface area contributed by atoms with E-state index >= 15 is 0 Å². The van der Waals surface area contributed by atoms with Crippen molar-refractivity contribution in [1.29, 1.82) is 0 Å². The molecule has 1 aromatic carbocycles. The molecule has 0 saturated heterocycles. The Balaban J connectivity index is 1.98. The van der Waals surface area contributed by atoms with Gasteiger partial charge in [0.15, 0.2) is 5.76 Å². The Bertz CT molecular complexity index is 482. The van der Waals surface area contributed by atoms with Gasteiger partial charge in [-0.3, -0.25) is 4.79 Å². The Hall–Kier alpha value is -1.75. The molecule has 0 bridgehead atoms. The van der Waals surface area contributed by atoms with Crippen molar-refractivity contribution < 1.29 is 9.32 Å². The molecule has 0 aliphatic rings. The lowest BCUT2D eigenvalue weighted by molar-refractivity contribution is 0.0947. The summed E-state index contributed by atoms with van der Waals surface area (Å²) in [5, 5.41) is 6.27. The van der Waals surface area contributed by atoms with E-state index in [1.807, 2.05) is 6.07 Å². The van der Waals surface area contributed by atoms with Crippen LogP contribution in [0.15, 0.2) is 45.9 Å². The standard InChI is InChI=1S/C11H10N2O2S/c14-11(8-2-1-3-10(16)6-8)12-7-9-4-5-13-15-9/h1-6,16H,7H2,(H,12,14). The zero-order valence-corrected chi connectivity index (χ0v) is 9.28. The van der Waals surface area contributed by atoms with Crippen molar-refractivity contribution in [3.8, 4) is 0 Å². The first-order chi connectivity index (χ1) is 7.75. The van der Waals surface area contributed by atoms with Crippen LogP contribution in [-0.4, -0.2) is 11.1 Å². The van der Waals surface area contributed by atoms with Gasteiger partial charge in [0.1, 0.15) is 0 Å². The summed E-state index contributed by atoms with van der Waals surface area (Å²) in [6, 6.07) is 8.74. The van der Waals surface area contributed by atoms with Crippen LogP contribution in [0, 0.1) is 0 Å². The zero-order chi connectivity index (χ0) is 11.4. The summed E-state index contributed by atoms with van der Waals surface area (Å²) in [7, 11) is 0. The predicted octanol–water partition coefficient (Wildman–Crippen LogP) is 1.89. The van der Waals surface area contributed by atoms with E-state index in [-0.39, 0.29) is 5.91 Å². The molecule has 0 aliphatic carbocycles. The van der Waals surface area contributed by atoms with Crippen LogP contribution < -0.4 is 5.32 Å². The number of carbonyl (C=O) groups is 1. The van der Waals surface area contributed by atoms with Gasteiger partial charge in [0, 0.05) is 16.5 Å². The lowest BCUT2D eigenvalue weighted by Gasteiger charge is -2.03. The van der Waals surface area contributed by atoms with Crippen LogP contribution in [0.4, 0.5) is 0 Å². The summed E-state index contributed by atoms with van der Waals surface area (Å²) in [6.45, 7) is 0.329. The molecule has 16 heavy (non-hydrogen) atoms. The second-order valence-electron chi connectivity index (χ2n) is 3.21. The number of nitrogens with zero attached hydrogens (tertiary/aromatic N) is 1. The molecule has 0 spiro atoms. The third kappa shape index (κ3) is 2.64. The minimum atomic E-state index is -0.160. The molecular weight excluding hydrogens is 224 g/mol. The van der Waals surface area contributed by atoms with Gasteiger partial charge >= 0.3 is 0 Å². The molecule has 1 aromatic heterocycles. The van der Waals surface area contributed by atoms with E-state index < -0.39 is 0 Å². The molecule has 0 unspecified atom stereocenters. The van der Waals surface area contributed by atoms with Crippen molar-refractivity contribution in [2.75, 3.05) is 0 Å². The normalized spacial score (nSPS) is 10.1. The molecule has 0 radical (unpaired) electrons. The minimum Gasteiger partial charge on any atom is -0.360 e. The van der Waals surface area contributed by atoms with Gasteiger partial charge in [-0.15, -0.1) is 12.6 Å². The molecule has 82 valence electrons. The van der Waals surface area contributed by atoms with Gasteiger partial charge in [-0.1, -0.05) is 11.2 Å². The number of amides is 1. The molecule has 2 rings (SSSR count). The van der Waals surface area contributed by atoms with Crippen molar-refractivity contribution in [3.05, 3.63) is 47.9 Å². The highest BCUT2D eigenvalue weighted by Gasteiger charge is 2.06. The van der Waals surface area contributed by atoms with E-state index in [4.69, 9.17) is 4.52 Å². The maximum absolute atomic E-state index is 11.7. The fraction of sp³-hybridized carbons (Fsp3) is 0.0909. The van der Waals surface area contributed by atoms with Gasteiger partial charge in [0.2, 0.25) is 0 Å². The van der Waals surface area contributed by atoms with Crippen LogP contribution in [0.2, 0.25) is 0 Å². The quantitative estimate of drug-likeness (QED) is 0.797. The van der Waals surface area contributed by atoms with E-state index in [9.17, 15) is 4.79 Å². The molecule has 5 heteroatoms. The van der Waals surface area contributed by atoms with Crippen molar-refractivity contribution in [1.82, 2.24) is 10.5 Å². The van der Waals surface area contributed by atoms with E-state index in [2.05, 4.69) is 23.1 Å². The Labute approximate surface area is 98.1 Å². The van der Waals surface area contributed by atoms with Gasteiger partial charge in [-0.05, 0) is 18.2 Å². The van der Waals surface area contributed by atoms with Crippen LogP contribution in [0.5, 0.6) is 0 Å². The summed E-state index contributed by atoms with van der Waals surface area (Å²) in [5.74, 6) is 0.461. The second-order valence-corrected chi connectivity index (χ2v) is 3.73. The SMILES string of the molecule is O=C(NCc1ccno1)c1cccc(S)c1. The summed E-state index contributed by atoms with van der Waals surface area (Å²) in [5.41, 5.74) is 0.576. The number of aromatic nitrogens is 1. The molecule has 0 aliphatic heterocycles. The van der Waals surface area contributed by atoms with Crippen molar-refractivity contribution >= 4 is 18.5 Å². The summed E-state index contributed by atoms with van der Waals surface area (Å²) in [4.78, 5) is 12.4. The highest BCUT2D eigenvalue weighted by Crippen LogP contribution is 2.08. The molecule has 1 amide bonds. The number of nitrogens with one attached hydrogen (secondary N) is 1. The maximum atomic E-state index is 11.7. The number of carbonyl (C=O) groups excluding carboxylic acids is 1. The monoisotopic (exact) mass is 234 g/mol. The number of thiol groups is 1. The van der Waals surface area contributed by atoms with E-state index in [1.165, 1.54) is 6.20 Å². The van der Waals surface area contributed by atoms with E-state index in [1.54, 1.807) is 24.3 Å². The Kier molecular flexibility index (Phi) is 3.26. The molecule has 0 saturated carbocycles. The molecule has 1 heterocycles. The molecular formula is C11H10N2O2S. The molecule has 0 atom stereocenters. The van der Waals surface area contributed by atoms with Crippen LogP contribution in [0.25, 0.3) is 0 Å². The average molecular weight is 234 g/mol. The highest BCUT2D eigenvalue weighted by atomic mass is 32.1. The fourth-order valence-electron chi connectivity index (χ4n) is 1.25. The van der Waals surface area contributed by atoms with E-state index in [0.717, 1.165) is 4.90 Å². The second kappa shape index (κ2) is 4.85. The van der Waals surface area contributed by atoms with Gasteiger partial charge in [-0.2, -0.15) is 0 Å². The van der Waals surface area contributed by atoms with Crippen molar-refractivity contribution in [2.24, 2.45) is 0 Å². The summed E-state index contributed by atoms with van der Waals surface area (Å²) >= 11 is 4.17. The third-order valence-corrected chi connectivity index (χ3v) is 2.30. The number of benzene rings is 1. The van der Waals surface area contributed by atoms with Gasteiger partial charge < -0.3 is 9.84 Å². The summed E-state index contributed by atoms with van der Waals surface area (Å²) in [6.07, 6.45) is 1.54. The van der Waals surface area contributed by atoms with Crippen LogP contribution in [-0.2, 0) is 6.54 Å². The molecule has 4 nitrogen and oxygen atoms in total. The van der Waals surface area contributed by atoms with Crippen LogP contribution >= 0.6 is 12.6 Å². The number of rotatable bonds is 3. The first-order valence-electron chi connectivity index (χ1n) is 4.72. The topological polar surface area (TPSA) is 55.1 Å². The molecule has 1 N–H and O–H groups in total. The smallest absolute Gasteiger partial charge is 0.251 e. The Morgan fingerprint density at radius 1 is 1.44 bits per heavy atom. The van der Waals surface area contributed by atoms with Crippen molar-refractivity contribution in [3.63, 3.8) is 0 Å². The lowest BCUT2D eigenvalue weighted by Crippen LogP contribution is -2.22. The fourth-order valence-corrected chi connectivity index (χ4v) is 1.48. The largest absolute Gasteiger partial charge is 0.360 e. The minimum absolute atomic E-state index is 0.160. The lowest BCUT2D eigenvalue weighted by atomic mass is 10.2. The average Bonchev–Trinajstić information content (AvgIpc) is 2.78. The highest BCUT2D eigenvalue weighted by molar-refractivity contribution is 7.80. The Morgan fingerprint density at radius 3 is 3.00 bits per heavy atom. The summed E-state index contributed by atoms with van der Waals surface area (Å²) < 4.78 is 4.86. The van der Waals surface area contributed by atoms with Gasteiger partial charge in [0.05, 0.1) is 12.7 Å². The van der Waals surface area contributed by atoms with Crippen molar-refractivity contribution in [2.45, 2.75) is 11.4 Å². The third-order valence-electron chi connectivity index (χ3n) is 2.02. The number of hydrogen-bond donors (Lipinski definition) is 2.